The summed E-state index contributed by atoms with van der Waals surface area (Å²) in [6.07, 6.45) is 5.03. The third-order valence-electron chi connectivity index (χ3n) is 3.06. The Kier molecular flexibility index (Phi) is 2.06. The third kappa shape index (κ3) is 1.47. The number of carbonyl (C=O) groups excluding carboxylic acids is 1. The van der Waals surface area contributed by atoms with E-state index < -0.39 is 0 Å². The van der Waals surface area contributed by atoms with Gasteiger partial charge in [-0.25, -0.2) is 0 Å². The molecule has 0 radical (unpaired) electrons. The Morgan fingerprint density at radius 2 is 2.33 bits per heavy atom. The van der Waals surface area contributed by atoms with Crippen LogP contribution in [0.2, 0.25) is 0 Å². The monoisotopic (exact) mass is 217 g/mol. The second-order valence-electron chi connectivity index (χ2n) is 4.02. The van der Waals surface area contributed by atoms with Crippen LogP contribution in [0, 0.1) is 5.92 Å². The second kappa shape index (κ2) is 3.42. The molecule has 0 unspecified atom stereocenters. The SMILES string of the molecule is O=C(c1cnc2ccsc2c1)C1CCC1. The van der Waals surface area contributed by atoms with Gasteiger partial charge in [0.25, 0.3) is 0 Å². The molecule has 0 spiro atoms. The summed E-state index contributed by atoms with van der Waals surface area (Å²) < 4.78 is 1.11. The van der Waals surface area contributed by atoms with E-state index >= 15 is 0 Å². The predicted octanol–water partition coefficient (Wildman–Crippen LogP) is 3.28. The van der Waals surface area contributed by atoms with E-state index in [1.54, 1.807) is 17.5 Å². The van der Waals surface area contributed by atoms with Crippen LogP contribution in [0.15, 0.2) is 23.7 Å². The van der Waals surface area contributed by atoms with Gasteiger partial charge in [-0.3, -0.25) is 9.78 Å². The van der Waals surface area contributed by atoms with Crippen molar-refractivity contribution in [3.05, 3.63) is 29.3 Å². The van der Waals surface area contributed by atoms with Crippen molar-refractivity contribution in [2.24, 2.45) is 5.92 Å². The number of thiophene rings is 1. The number of rotatable bonds is 2. The van der Waals surface area contributed by atoms with Crippen molar-refractivity contribution in [3.63, 3.8) is 0 Å². The zero-order valence-electron chi connectivity index (χ0n) is 8.27. The van der Waals surface area contributed by atoms with Gasteiger partial charge in [0.05, 0.1) is 10.2 Å². The van der Waals surface area contributed by atoms with Crippen molar-refractivity contribution >= 4 is 27.3 Å². The van der Waals surface area contributed by atoms with Gasteiger partial charge < -0.3 is 0 Å². The average Bonchev–Trinajstić information content (AvgIpc) is 2.61. The van der Waals surface area contributed by atoms with Crippen LogP contribution in [0.1, 0.15) is 29.6 Å². The third-order valence-corrected chi connectivity index (χ3v) is 3.92. The molecule has 2 aromatic heterocycles. The van der Waals surface area contributed by atoms with Crippen LogP contribution in [-0.4, -0.2) is 10.8 Å². The highest BCUT2D eigenvalue weighted by Crippen LogP contribution is 2.30. The van der Waals surface area contributed by atoms with Crippen LogP contribution >= 0.6 is 11.3 Å². The van der Waals surface area contributed by atoms with Gasteiger partial charge in [-0.05, 0) is 30.4 Å². The van der Waals surface area contributed by atoms with E-state index in [9.17, 15) is 4.79 Å². The molecule has 0 saturated heterocycles. The molecule has 2 heterocycles. The molecule has 15 heavy (non-hydrogen) atoms. The zero-order chi connectivity index (χ0) is 10.3. The van der Waals surface area contributed by atoms with Gasteiger partial charge in [0.1, 0.15) is 0 Å². The molecule has 2 nitrogen and oxygen atoms in total. The van der Waals surface area contributed by atoms with Crippen molar-refractivity contribution in [2.75, 3.05) is 0 Å². The first-order chi connectivity index (χ1) is 7.34. The number of carbonyl (C=O) groups is 1. The molecule has 1 aliphatic carbocycles. The quantitative estimate of drug-likeness (QED) is 0.722. The van der Waals surface area contributed by atoms with Crippen LogP contribution < -0.4 is 0 Å². The minimum atomic E-state index is 0.268. The first-order valence-corrected chi connectivity index (χ1v) is 6.10. The fourth-order valence-electron chi connectivity index (χ4n) is 1.89. The molecule has 1 fully saturated rings. The molecule has 0 bridgehead atoms. The molecule has 0 aromatic carbocycles. The fourth-order valence-corrected chi connectivity index (χ4v) is 2.67. The van der Waals surface area contributed by atoms with Crippen molar-refractivity contribution in [1.82, 2.24) is 4.98 Å². The maximum atomic E-state index is 12.0. The number of Topliss-reactive ketones (excluding diaryl/α,β-unsaturated/α-hetero) is 1. The highest BCUT2D eigenvalue weighted by molar-refractivity contribution is 7.17. The number of fused-ring (bicyclic) bond motifs is 1. The highest BCUT2D eigenvalue weighted by atomic mass is 32.1. The molecule has 0 atom stereocenters. The average molecular weight is 217 g/mol. The summed E-state index contributed by atoms with van der Waals surface area (Å²) in [5.41, 5.74) is 1.78. The largest absolute Gasteiger partial charge is 0.294 e. The number of hydrogen-bond donors (Lipinski definition) is 0. The molecule has 0 N–H and O–H groups in total. The topological polar surface area (TPSA) is 30.0 Å². The Labute approximate surface area is 92.0 Å². The Balaban J connectivity index is 1.99. The number of aromatic nitrogens is 1. The molecule has 1 aliphatic rings. The molecule has 1 saturated carbocycles. The van der Waals surface area contributed by atoms with Crippen molar-refractivity contribution in [2.45, 2.75) is 19.3 Å². The lowest BCUT2D eigenvalue weighted by atomic mass is 9.80. The van der Waals surface area contributed by atoms with Crippen molar-refractivity contribution in [3.8, 4) is 0 Å². The minimum absolute atomic E-state index is 0.268. The number of nitrogens with zero attached hydrogens (tertiary/aromatic N) is 1. The van der Waals surface area contributed by atoms with E-state index in [-0.39, 0.29) is 11.7 Å². The van der Waals surface area contributed by atoms with Crippen LogP contribution in [0.4, 0.5) is 0 Å². The molecular weight excluding hydrogens is 206 g/mol. The molecule has 2 aromatic rings. The van der Waals surface area contributed by atoms with E-state index in [2.05, 4.69) is 4.98 Å². The summed E-state index contributed by atoms with van der Waals surface area (Å²) in [6.45, 7) is 0. The van der Waals surface area contributed by atoms with E-state index in [1.807, 2.05) is 17.5 Å². The standard InChI is InChI=1S/C12H11NOS/c14-12(8-2-1-3-8)9-6-11-10(13-7-9)4-5-15-11/h4-8H,1-3H2. The summed E-state index contributed by atoms with van der Waals surface area (Å²) in [4.78, 5) is 16.2. The summed E-state index contributed by atoms with van der Waals surface area (Å²) in [5.74, 6) is 0.549. The molecular formula is C12H11NOS. The molecule has 3 rings (SSSR count). The van der Waals surface area contributed by atoms with Gasteiger partial charge in [-0.15, -0.1) is 11.3 Å². The van der Waals surface area contributed by atoms with Crippen molar-refractivity contribution in [1.29, 1.82) is 0 Å². The van der Waals surface area contributed by atoms with Crippen LogP contribution in [0.3, 0.4) is 0 Å². The van der Waals surface area contributed by atoms with Gasteiger partial charge >= 0.3 is 0 Å². The lowest BCUT2D eigenvalue weighted by molar-refractivity contribution is 0.0855. The Hall–Kier alpha value is -1.22. The summed E-state index contributed by atoms with van der Waals surface area (Å²) >= 11 is 1.64. The lowest BCUT2D eigenvalue weighted by Crippen LogP contribution is -2.21. The molecule has 3 heteroatoms. The van der Waals surface area contributed by atoms with Gasteiger partial charge in [-0.1, -0.05) is 6.42 Å². The normalized spacial score (nSPS) is 16.5. The number of pyridine rings is 1. The first kappa shape index (κ1) is 9.04. The van der Waals surface area contributed by atoms with Crippen LogP contribution in [0.5, 0.6) is 0 Å². The Bertz CT molecular complexity index is 513. The van der Waals surface area contributed by atoms with Gasteiger partial charge in [0.2, 0.25) is 0 Å². The fraction of sp³-hybridized carbons (Fsp3) is 0.333. The van der Waals surface area contributed by atoms with Gasteiger partial charge in [-0.2, -0.15) is 0 Å². The Morgan fingerprint density at radius 1 is 1.47 bits per heavy atom. The van der Waals surface area contributed by atoms with E-state index in [0.29, 0.717) is 0 Å². The summed E-state index contributed by atoms with van der Waals surface area (Å²) in [7, 11) is 0. The molecule has 76 valence electrons. The van der Waals surface area contributed by atoms with Gasteiger partial charge in [0.15, 0.2) is 5.78 Å². The maximum Gasteiger partial charge on any atom is 0.167 e. The molecule has 0 amide bonds. The smallest absolute Gasteiger partial charge is 0.167 e. The highest BCUT2D eigenvalue weighted by Gasteiger charge is 2.26. The Morgan fingerprint density at radius 3 is 3.07 bits per heavy atom. The van der Waals surface area contributed by atoms with Crippen LogP contribution in [-0.2, 0) is 0 Å². The molecule has 0 aliphatic heterocycles. The van der Waals surface area contributed by atoms with E-state index in [0.717, 1.165) is 28.6 Å². The minimum Gasteiger partial charge on any atom is -0.294 e. The summed E-state index contributed by atoms with van der Waals surface area (Å²) in [5, 5.41) is 2.01. The first-order valence-electron chi connectivity index (χ1n) is 5.22. The lowest BCUT2D eigenvalue weighted by Gasteiger charge is -2.23. The van der Waals surface area contributed by atoms with Gasteiger partial charge in [0, 0.05) is 17.7 Å². The number of hydrogen-bond acceptors (Lipinski definition) is 3. The second-order valence-corrected chi connectivity index (χ2v) is 4.97. The van der Waals surface area contributed by atoms with E-state index in [4.69, 9.17) is 0 Å². The van der Waals surface area contributed by atoms with E-state index in [1.165, 1.54) is 6.42 Å². The van der Waals surface area contributed by atoms with Crippen molar-refractivity contribution < 1.29 is 4.79 Å². The zero-order valence-corrected chi connectivity index (χ0v) is 9.09. The number of ketones is 1. The predicted molar refractivity (Wildman–Crippen MR) is 61.3 cm³/mol. The maximum absolute atomic E-state index is 12.0. The summed E-state index contributed by atoms with van der Waals surface area (Å²) in [6, 6.07) is 3.96. The van der Waals surface area contributed by atoms with Crippen LogP contribution in [0.25, 0.3) is 10.2 Å².